The molecule has 0 saturated heterocycles. The van der Waals surface area contributed by atoms with Gasteiger partial charge < -0.3 is 5.11 Å². The predicted molar refractivity (Wildman–Crippen MR) is 164 cm³/mol. The minimum Gasteiger partial charge on any atom is -0.478 e. The van der Waals surface area contributed by atoms with E-state index < -0.39 is 33.7 Å². The smallest absolute Gasteiger partial charge is 0.335 e. The second kappa shape index (κ2) is 11.1. The van der Waals surface area contributed by atoms with Crippen LogP contribution >= 0.6 is 0 Å². The lowest BCUT2D eigenvalue weighted by Gasteiger charge is -2.30. The highest BCUT2D eigenvalue weighted by Crippen LogP contribution is 2.35. The van der Waals surface area contributed by atoms with Crippen molar-refractivity contribution < 1.29 is 9.90 Å². The van der Waals surface area contributed by atoms with Crippen molar-refractivity contribution in [2.45, 2.75) is 90.5 Å². The van der Waals surface area contributed by atoms with Crippen LogP contribution in [0.15, 0.2) is 62.2 Å². The van der Waals surface area contributed by atoms with Gasteiger partial charge in [0.25, 0.3) is 22.2 Å². The fraction of sp³-hybridized carbons (Fsp3) is 0.424. The Morgan fingerprint density at radius 2 is 1.32 bits per heavy atom. The fourth-order valence-corrected chi connectivity index (χ4v) is 5.82. The minimum absolute atomic E-state index is 0.0112. The van der Waals surface area contributed by atoms with Crippen LogP contribution in [0, 0.1) is 0 Å². The number of unbranched alkanes of at least 4 members (excludes halogenated alkanes) is 2. The Morgan fingerprint density at radius 3 is 1.78 bits per heavy atom. The largest absolute Gasteiger partial charge is 0.478 e. The summed E-state index contributed by atoms with van der Waals surface area (Å²) in [6, 6.07) is 7.29. The molecule has 0 amide bonds. The highest BCUT2D eigenvalue weighted by molar-refractivity contribution is 5.98. The van der Waals surface area contributed by atoms with Gasteiger partial charge in [-0.1, -0.05) is 59.5 Å². The van der Waals surface area contributed by atoms with Gasteiger partial charge >= 0.3 is 5.97 Å². The van der Waals surface area contributed by atoms with E-state index in [1.165, 1.54) is 22.8 Å². The molecule has 0 bridgehead atoms. The van der Waals surface area contributed by atoms with Gasteiger partial charge in [0.1, 0.15) is 0 Å². The van der Waals surface area contributed by atoms with Crippen molar-refractivity contribution >= 4 is 27.5 Å². The van der Waals surface area contributed by atoms with Gasteiger partial charge in [-0.25, -0.2) is 9.36 Å². The molecule has 1 N–H and O–H groups in total. The molecule has 216 valence electrons. The van der Waals surface area contributed by atoms with Crippen molar-refractivity contribution in [1.82, 2.24) is 9.13 Å². The quantitative estimate of drug-likeness (QED) is 0.228. The van der Waals surface area contributed by atoms with Crippen molar-refractivity contribution in [2.75, 3.05) is 0 Å². The Labute approximate surface area is 238 Å². The molecule has 41 heavy (non-hydrogen) atoms. The van der Waals surface area contributed by atoms with E-state index in [0.717, 1.165) is 48.7 Å². The van der Waals surface area contributed by atoms with E-state index >= 15 is 0 Å². The molecule has 8 nitrogen and oxygen atoms in total. The molecule has 2 aromatic carbocycles. The number of rotatable bonds is 12. The summed E-state index contributed by atoms with van der Waals surface area (Å²) in [6.45, 7) is 13.8. The van der Waals surface area contributed by atoms with Crippen LogP contribution in [0.2, 0.25) is 0 Å². The number of carbonyl (C=O) groups is 1. The molecule has 0 spiro atoms. The van der Waals surface area contributed by atoms with Crippen molar-refractivity contribution in [3.8, 4) is 5.69 Å². The zero-order valence-corrected chi connectivity index (χ0v) is 24.5. The molecule has 4 aromatic rings. The average Bonchev–Trinajstić information content (AvgIpc) is 3.37. The van der Waals surface area contributed by atoms with Crippen LogP contribution in [0.1, 0.15) is 95.5 Å². The summed E-state index contributed by atoms with van der Waals surface area (Å²) >= 11 is 0. The first kappa shape index (κ1) is 29.9. The van der Waals surface area contributed by atoms with Gasteiger partial charge in [0.2, 0.25) is 0 Å². The Hall–Kier alpha value is -4.07. The monoisotopic (exact) mass is 558 g/mol. The topological polar surface area (TPSA) is 115 Å². The van der Waals surface area contributed by atoms with Gasteiger partial charge in [0.05, 0.1) is 38.3 Å². The minimum atomic E-state index is -1.16. The SMILES string of the molecule is C=CC(C)(CCCC)n1c(=O)c2cc3c(=O)n(-c4cc(C(=O)O)cc(C(C)(CC)CCCC)c4)c(=O)c3cc2c1=O. The second-order valence-electron chi connectivity index (χ2n) is 11.6. The van der Waals surface area contributed by atoms with E-state index in [-0.39, 0.29) is 38.2 Å². The van der Waals surface area contributed by atoms with Gasteiger partial charge in [-0.3, -0.25) is 23.7 Å². The van der Waals surface area contributed by atoms with Crippen LogP contribution in [-0.4, -0.2) is 20.2 Å². The summed E-state index contributed by atoms with van der Waals surface area (Å²) in [7, 11) is 0. The first-order valence-corrected chi connectivity index (χ1v) is 14.4. The maximum absolute atomic E-state index is 13.7. The molecular weight excluding hydrogens is 520 g/mol. The number of hydrogen-bond acceptors (Lipinski definition) is 5. The standard InChI is InChI=1S/C33H38N2O6/c1-7-11-13-32(5,9-3)21-15-20(31(40)41)16-22(17-21)34-27(36)23-18-25-26(19-24(23)28(34)37)30(39)35(29(25)38)33(6,10-4)14-12-8-2/h10,15-19H,4,7-9,11-14H2,1-3,5-6H3,(H,40,41). The van der Waals surface area contributed by atoms with Crippen LogP contribution in [-0.2, 0) is 11.0 Å². The normalized spacial score (nSPS) is 14.8. The molecule has 0 aliphatic rings. The zero-order chi connectivity index (χ0) is 30.3. The number of hydrogen-bond donors (Lipinski definition) is 1. The zero-order valence-electron chi connectivity index (χ0n) is 24.5. The molecule has 0 aliphatic heterocycles. The summed E-state index contributed by atoms with van der Waals surface area (Å²) in [5, 5.41) is 10.0. The van der Waals surface area contributed by atoms with Crippen LogP contribution in [0.3, 0.4) is 0 Å². The first-order chi connectivity index (χ1) is 19.4. The molecule has 0 radical (unpaired) electrons. The molecule has 8 heteroatoms. The molecular formula is C33H38N2O6. The number of benzene rings is 2. The summed E-state index contributed by atoms with van der Waals surface area (Å²) in [5.41, 5.74) is -2.79. The van der Waals surface area contributed by atoms with Gasteiger partial charge in [-0.15, -0.1) is 6.58 Å². The maximum Gasteiger partial charge on any atom is 0.335 e. The Bertz CT molecular complexity index is 1790. The third-order valence-electron chi connectivity index (χ3n) is 8.86. The number of nitrogens with zero attached hydrogens (tertiary/aromatic N) is 2. The number of carboxylic acid groups (broad SMARTS) is 1. The Morgan fingerprint density at radius 1 is 0.805 bits per heavy atom. The lowest BCUT2D eigenvalue weighted by Crippen LogP contribution is -2.41. The Kier molecular flexibility index (Phi) is 8.07. The molecule has 2 aromatic heterocycles. The van der Waals surface area contributed by atoms with Gasteiger partial charge in [-0.05, 0) is 67.5 Å². The highest BCUT2D eigenvalue weighted by Gasteiger charge is 2.30. The van der Waals surface area contributed by atoms with Crippen molar-refractivity contribution in [1.29, 1.82) is 0 Å². The molecule has 2 unspecified atom stereocenters. The van der Waals surface area contributed by atoms with Crippen LogP contribution in [0.25, 0.3) is 27.2 Å². The fourth-order valence-electron chi connectivity index (χ4n) is 5.82. The van der Waals surface area contributed by atoms with E-state index in [9.17, 15) is 29.1 Å². The summed E-state index contributed by atoms with van der Waals surface area (Å²) in [6.07, 6.45) is 7.27. The average molecular weight is 559 g/mol. The number of carboxylic acids is 1. The van der Waals surface area contributed by atoms with Crippen molar-refractivity contribution in [2.24, 2.45) is 0 Å². The van der Waals surface area contributed by atoms with Crippen LogP contribution < -0.4 is 22.2 Å². The van der Waals surface area contributed by atoms with E-state index in [2.05, 4.69) is 20.4 Å². The lowest BCUT2D eigenvalue weighted by atomic mass is 9.75. The van der Waals surface area contributed by atoms with E-state index in [1.54, 1.807) is 25.1 Å². The van der Waals surface area contributed by atoms with Crippen molar-refractivity contribution in [3.63, 3.8) is 0 Å². The molecule has 0 aliphatic carbocycles. The molecule has 0 fully saturated rings. The molecule has 0 saturated carbocycles. The Balaban J connectivity index is 2.00. The molecule has 2 atom stereocenters. The first-order valence-electron chi connectivity index (χ1n) is 14.4. The van der Waals surface area contributed by atoms with Gasteiger partial charge in [-0.2, -0.15) is 0 Å². The van der Waals surface area contributed by atoms with E-state index in [4.69, 9.17) is 0 Å². The number of allylic oxidation sites excluding steroid dienone is 1. The number of aromatic carboxylic acids is 1. The van der Waals surface area contributed by atoms with Gasteiger partial charge in [0.15, 0.2) is 0 Å². The third kappa shape index (κ3) is 4.89. The lowest BCUT2D eigenvalue weighted by molar-refractivity contribution is 0.0696. The summed E-state index contributed by atoms with van der Waals surface area (Å²) in [4.78, 5) is 66.4. The number of aromatic nitrogens is 2. The van der Waals surface area contributed by atoms with E-state index in [1.807, 2.05) is 13.8 Å². The maximum atomic E-state index is 13.7. The number of fused-ring (bicyclic) bond motifs is 2. The highest BCUT2D eigenvalue weighted by atomic mass is 16.4. The van der Waals surface area contributed by atoms with Crippen LogP contribution in [0.5, 0.6) is 0 Å². The summed E-state index contributed by atoms with van der Waals surface area (Å²) < 4.78 is 2.13. The summed E-state index contributed by atoms with van der Waals surface area (Å²) in [5.74, 6) is -1.16. The second-order valence-corrected chi connectivity index (χ2v) is 11.6. The van der Waals surface area contributed by atoms with Crippen molar-refractivity contribution in [3.05, 3.63) is 95.5 Å². The third-order valence-corrected chi connectivity index (χ3v) is 8.86. The predicted octanol–water partition coefficient (Wildman–Crippen LogP) is 5.55. The van der Waals surface area contributed by atoms with Crippen LogP contribution in [0.4, 0.5) is 0 Å². The van der Waals surface area contributed by atoms with E-state index in [0.29, 0.717) is 6.42 Å². The molecule has 2 heterocycles. The van der Waals surface area contributed by atoms with Gasteiger partial charge in [0, 0.05) is 0 Å². The molecule has 4 rings (SSSR count).